The van der Waals surface area contributed by atoms with Crippen molar-refractivity contribution in [3.63, 3.8) is 0 Å². The van der Waals surface area contributed by atoms with Crippen LogP contribution in [0.3, 0.4) is 0 Å². The molecule has 1 N–H and O–H groups in total. The molecule has 0 saturated carbocycles. The van der Waals surface area contributed by atoms with E-state index in [2.05, 4.69) is 9.59 Å². The summed E-state index contributed by atoms with van der Waals surface area (Å²) < 4.78 is 30.7. The van der Waals surface area contributed by atoms with Crippen LogP contribution in [0.2, 0.25) is 0 Å². The van der Waals surface area contributed by atoms with Crippen molar-refractivity contribution in [2.45, 2.75) is 32.3 Å². The van der Waals surface area contributed by atoms with Crippen LogP contribution in [-0.2, 0) is 5.41 Å². The van der Waals surface area contributed by atoms with Crippen LogP contribution in [-0.4, -0.2) is 14.7 Å². The van der Waals surface area contributed by atoms with Crippen molar-refractivity contribution in [3.05, 3.63) is 46.0 Å². The van der Waals surface area contributed by atoms with E-state index in [0.717, 1.165) is 17.6 Å². The molecule has 3 nitrogen and oxygen atoms in total. The molecule has 0 bridgehead atoms. The highest BCUT2D eigenvalue weighted by Crippen LogP contribution is 2.34. The fraction of sp³-hybridized carbons (Fsp3) is 0.385. The van der Waals surface area contributed by atoms with Crippen molar-refractivity contribution in [3.8, 4) is 0 Å². The highest BCUT2D eigenvalue weighted by atomic mass is 32.1. The summed E-state index contributed by atoms with van der Waals surface area (Å²) in [6, 6.07) is 3.73. The topological polar surface area (TPSA) is 46.0 Å². The fourth-order valence-corrected chi connectivity index (χ4v) is 2.64. The second kappa shape index (κ2) is 4.94. The number of rotatable bonds is 2. The number of hydrogen-bond donors (Lipinski definition) is 1. The van der Waals surface area contributed by atoms with Gasteiger partial charge in [-0.25, -0.2) is 8.78 Å². The van der Waals surface area contributed by atoms with Crippen LogP contribution in [0.15, 0.2) is 18.2 Å². The normalized spacial score (nSPS) is 13.6. The SMILES string of the molecule is CC(C)(C)c1nnsc1C(O)c1cccc(F)c1F. The molecule has 19 heavy (non-hydrogen) atoms. The molecule has 0 radical (unpaired) electrons. The largest absolute Gasteiger partial charge is 0.383 e. The summed E-state index contributed by atoms with van der Waals surface area (Å²) in [5.74, 6) is -2.02. The zero-order valence-electron chi connectivity index (χ0n) is 10.8. The standard InChI is InChI=1S/C13H14F2N2OS/c1-13(2,3)12-11(19-17-16-12)10(18)7-5-4-6-8(14)9(7)15/h4-6,10,18H,1-3H3. The quantitative estimate of drug-likeness (QED) is 0.921. The number of halogens is 2. The van der Waals surface area contributed by atoms with E-state index in [4.69, 9.17) is 0 Å². The maximum absolute atomic E-state index is 13.7. The molecule has 1 unspecified atom stereocenters. The van der Waals surface area contributed by atoms with Crippen LogP contribution in [0.1, 0.15) is 43.0 Å². The maximum atomic E-state index is 13.7. The first-order valence-electron chi connectivity index (χ1n) is 5.77. The van der Waals surface area contributed by atoms with Gasteiger partial charge in [-0.15, -0.1) is 5.10 Å². The Morgan fingerprint density at radius 2 is 1.95 bits per heavy atom. The molecule has 6 heteroatoms. The number of hydrogen-bond acceptors (Lipinski definition) is 4. The molecule has 0 amide bonds. The average Bonchev–Trinajstić information content (AvgIpc) is 2.80. The van der Waals surface area contributed by atoms with Crippen molar-refractivity contribution in [1.29, 1.82) is 0 Å². The van der Waals surface area contributed by atoms with Gasteiger partial charge in [0.05, 0.1) is 10.6 Å². The van der Waals surface area contributed by atoms with Gasteiger partial charge in [0, 0.05) is 11.0 Å². The number of nitrogens with zero attached hydrogens (tertiary/aromatic N) is 2. The number of aromatic nitrogens is 2. The van der Waals surface area contributed by atoms with Crippen LogP contribution in [0.4, 0.5) is 8.78 Å². The number of benzene rings is 1. The molecule has 1 atom stereocenters. The zero-order valence-corrected chi connectivity index (χ0v) is 11.6. The van der Waals surface area contributed by atoms with E-state index in [0.29, 0.717) is 10.6 Å². The van der Waals surface area contributed by atoms with E-state index in [9.17, 15) is 13.9 Å². The van der Waals surface area contributed by atoms with Gasteiger partial charge in [0.15, 0.2) is 11.6 Å². The van der Waals surface area contributed by atoms with E-state index in [1.165, 1.54) is 12.1 Å². The second-order valence-electron chi connectivity index (χ2n) is 5.28. The summed E-state index contributed by atoms with van der Waals surface area (Å²) in [5.41, 5.74) is 0.165. The lowest BCUT2D eigenvalue weighted by atomic mass is 9.89. The molecule has 0 aliphatic carbocycles. The summed E-state index contributed by atoms with van der Waals surface area (Å²) in [7, 11) is 0. The first-order chi connectivity index (χ1) is 8.82. The Morgan fingerprint density at radius 1 is 1.26 bits per heavy atom. The summed E-state index contributed by atoms with van der Waals surface area (Å²) in [6.45, 7) is 5.76. The monoisotopic (exact) mass is 284 g/mol. The molecule has 0 aliphatic rings. The van der Waals surface area contributed by atoms with Gasteiger partial charge < -0.3 is 5.11 Å². The van der Waals surface area contributed by atoms with Gasteiger partial charge in [-0.1, -0.05) is 37.4 Å². The fourth-order valence-electron chi connectivity index (χ4n) is 1.77. The molecule has 0 aliphatic heterocycles. The van der Waals surface area contributed by atoms with Gasteiger partial charge in [0.1, 0.15) is 6.10 Å². The zero-order chi connectivity index (χ0) is 14.2. The van der Waals surface area contributed by atoms with Gasteiger partial charge in [0.2, 0.25) is 0 Å². The van der Waals surface area contributed by atoms with Crippen LogP contribution in [0.25, 0.3) is 0 Å². The summed E-state index contributed by atoms with van der Waals surface area (Å²) in [4.78, 5) is 0.442. The van der Waals surface area contributed by atoms with Gasteiger partial charge in [-0.3, -0.25) is 0 Å². The van der Waals surface area contributed by atoms with E-state index >= 15 is 0 Å². The molecule has 102 valence electrons. The molecular weight excluding hydrogens is 270 g/mol. The Hall–Kier alpha value is -1.40. The third-order valence-corrected chi connectivity index (χ3v) is 3.52. The highest BCUT2D eigenvalue weighted by Gasteiger charge is 2.28. The van der Waals surface area contributed by atoms with Crippen LogP contribution in [0, 0.1) is 11.6 Å². The van der Waals surface area contributed by atoms with Crippen LogP contribution >= 0.6 is 11.5 Å². The minimum Gasteiger partial charge on any atom is -0.383 e. The summed E-state index contributed by atoms with van der Waals surface area (Å²) >= 11 is 0.994. The molecule has 0 saturated heterocycles. The Kier molecular flexibility index (Phi) is 3.64. The molecule has 1 heterocycles. The van der Waals surface area contributed by atoms with Crippen molar-refractivity contribution < 1.29 is 13.9 Å². The maximum Gasteiger partial charge on any atom is 0.164 e. The van der Waals surface area contributed by atoms with Gasteiger partial charge in [-0.05, 0) is 17.6 Å². The number of aliphatic hydroxyl groups is 1. The third-order valence-electron chi connectivity index (χ3n) is 2.75. The Bertz CT molecular complexity index is 593. The molecule has 1 aromatic heterocycles. The van der Waals surface area contributed by atoms with Crippen LogP contribution < -0.4 is 0 Å². The van der Waals surface area contributed by atoms with E-state index in [1.54, 1.807) is 0 Å². The Balaban J connectivity index is 2.48. The first kappa shape index (κ1) is 14.0. The molecule has 2 rings (SSSR count). The van der Waals surface area contributed by atoms with Crippen LogP contribution in [0.5, 0.6) is 0 Å². The van der Waals surface area contributed by atoms with E-state index in [1.807, 2.05) is 20.8 Å². The van der Waals surface area contributed by atoms with Gasteiger partial charge in [-0.2, -0.15) is 0 Å². The molecular formula is C13H14F2N2OS. The Morgan fingerprint density at radius 3 is 2.58 bits per heavy atom. The predicted molar refractivity (Wildman–Crippen MR) is 69.0 cm³/mol. The van der Waals surface area contributed by atoms with E-state index in [-0.39, 0.29) is 11.0 Å². The smallest absolute Gasteiger partial charge is 0.164 e. The van der Waals surface area contributed by atoms with Crippen molar-refractivity contribution in [1.82, 2.24) is 9.59 Å². The molecule has 1 aromatic carbocycles. The number of aliphatic hydroxyl groups excluding tert-OH is 1. The lowest BCUT2D eigenvalue weighted by molar-refractivity contribution is 0.214. The summed E-state index contributed by atoms with van der Waals surface area (Å²) in [5, 5.41) is 14.2. The average molecular weight is 284 g/mol. The lowest BCUT2D eigenvalue weighted by Crippen LogP contribution is -2.16. The third kappa shape index (κ3) is 2.64. The first-order valence-corrected chi connectivity index (χ1v) is 6.54. The molecule has 0 spiro atoms. The molecule has 2 aromatic rings. The van der Waals surface area contributed by atoms with Crippen molar-refractivity contribution in [2.24, 2.45) is 0 Å². The van der Waals surface area contributed by atoms with Gasteiger partial charge >= 0.3 is 0 Å². The minimum atomic E-state index is -1.26. The Labute approximate surface area is 114 Å². The predicted octanol–water partition coefficient (Wildman–Crippen LogP) is 3.20. The van der Waals surface area contributed by atoms with Crippen molar-refractivity contribution >= 4 is 11.5 Å². The summed E-state index contributed by atoms with van der Waals surface area (Å²) in [6.07, 6.45) is -1.26. The van der Waals surface area contributed by atoms with Crippen molar-refractivity contribution in [2.75, 3.05) is 0 Å². The lowest BCUT2D eigenvalue weighted by Gasteiger charge is -2.19. The second-order valence-corrected chi connectivity index (χ2v) is 6.07. The van der Waals surface area contributed by atoms with Gasteiger partial charge in [0.25, 0.3) is 0 Å². The molecule has 0 fully saturated rings. The van der Waals surface area contributed by atoms with E-state index < -0.39 is 17.7 Å². The minimum absolute atomic E-state index is 0.100. The highest BCUT2D eigenvalue weighted by molar-refractivity contribution is 7.05.